The summed E-state index contributed by atoms with van der Waals surface area (Å²) in [4.78, 5) is 6.92. The number of benzene rings is 1. The Balaban J connectivity index is 0.00000300. The van der Waals surface area contributed by atoms with Gasteiger partial charge in [0.2, 0.25) is 0 Å². The number of hydrogen-bond acceptors (Lipinski definition) is 3. The molecule has 5 nitrogen and oxygen atoms in total. The Hall–Kier alpha value is -1.23. The summed E-state index contributed by atoms with van der Waals surface area (Å²) >= 11 is 0. The van der Waals surface area contributed by atoms with Crippen LogP contribution in [-0.4, -0.2) is 49.2 Å². The number of halogens is 4. The Morgan fingerprint density at radius 3 is 2.59 bits per heavy atom. The number of guanidine groups is 1. The highest BCUT2D eigenvalue weighted by Gasteiger charge is 2.36. The minimum atomic E-state index is -3.01. The van der Waals surface area contributed by atoms with Crippen LogP contribution in [0.15, 0.2) is 23.2 Å². The van der Waals surface area contributed by atoms with E-state index in [1.807, 2.05) is 6.92 Å². The molecule has 2 heterocycles. The van der Waals surface area contributed by atoms with Gasteiger partial charge in [0.15, 0.2) is 5.96 Å². The first kappa shape index (κ1) is 24.0. The van der Waals surface area contributed by atoms with Crippen LogP contribution in [0.2, 0.25) is 0 Å². The van der Waals surface area contributed by atoms with E-state index >= 15 is 0 Å². The third-order valence-electron chi connectivity index (χ3n) is 5.71. The summed E-state index contributed by atoms with van der Waals surface area (Å²) in [6.45, 7) is -0.476. The van der Waals surface area contributed by atoms with Crippen molar-refractivity contribution in [3.8, 4) is 5.75 Å². The van der Waals surface area contributed by atoms with Crippen LogP contribution in [0, 0.1) is 5.82 Å². The average Bonchev–Trinajstić information content (AvgIpc) is 2.61. The molecular weight excluding hydrogens is 496 g/mol. The van der Waals surface area contributed by atoms with Gasteiger partial charge in [0.1, 0.15) is 11.6 Å². The van der Waals surface area contributed by atoms with Crippen molar-refractivity contribution in [3.05, 3.63) is 29.6 Å². The molecule has 2 N–H and O–H groups in total. The molecule has 164 valence electrons. The van der Waals surface area contributed by atoms with Gasteiger partial charge in [0.05, 0.1) is 12.1 Å². The molecule has 0 aliphatic carbocycles. The van der Waals surface area contributed by atoms with Crippen LogP contribution < -0.4 is 15.4 Å². The number of aliphatic imine (C=N–C) groups is 1. The lowest BCUT2D eigenvalue weighted by Crippen LogP contribution is -2.56. The second kappa shape index (κ2) is 11.2. The first-order valence-corrected chi connectivity index (χ1v) is 9.97. The van der Waals surface area contributed by atoms with Gasteiger partial charge in [0.25, 0.3) is 0 Å². The van der Waals surface area contributed by atoms with Gasteiger partial charge in [0, 0.05) is 24.7 Å². The molecule has 0 saturated carbocycles. The molecule has 2 atom stereocenters. The van der Waals surface area contributed by atoms with Gasteiger partial charge in [-0.1, -0.05) is 12.5 Å². The zero-order chi connectivity index (χ0) is 20.1. The number of alkyl halides is 2. The minimum absolute atomic E-state index is 0. The van der Waals surface area contributed by atoms with Crippen LogP contribution >= 0.6 is 24.0 Å². The van der Waals surface area contributed by atoms with Crippen molar-refractivity contribution in [1.82, 2.24) is 15.5 Å². The van der Waals surface area contributed by atoms with Gasteiger partial charge < -0.3 is 20.3 Å². The predicted octanol–water partition coefficient (Wildman–Crippen LogP) is 4.12. The van der Waals surface area contributed by atoms with Crippen molar-refractivity contribution in [1.29, 1.82) is 0 Å². The lowest BCUT2D eigenvalue weighted by molar-refractivity contribution is -0.0506. The van der Waals surface area contributed by atoms with E-state index < -0.39 is 12.4 Å². The number of nitrogens with zero attached hydrogens (tertiary/aromatic N) is 2. The molecule has 29 heavy (non-hydrogen) atoms. The largest absolute Gasteiger partial charge is 0.434 e. The summed E-state index contributed by atoms with van der Waals surface area (Å²) in [6.07, 6.45) is 5.78. The molecule has 2 bridgehead atoms. The number of piperidine rings is 2. The summed E-state index contributed by atoms with van der Waals surface area (Å²) in [5.41, 5.74) is 0.0280. The molecule has 0 amide bonds. The third-order valence-corrected chi connectivity index (χ3v) is 5.71. The van der Waals surface area contributed by atoms with Gasteiger partial charge in [-0.15, -0.1) is 24.0 Å². The van der Waals surface area contributed by atoms with Crippen molar-refractivity contribution < 1.29 is 17.9 Å². The van der Waals surface area contributed by atoms with Gasteiger partial charge in [-0.3, -0.25) is 0 Å². The maximum atomic E-state index is 14.2. The summed E-state index contributed by atoms with van der Waals surface area (Å²) < 4.78 is 43.8. The van der Waals surface area contributed by atoms with Crippen molar-refractivity contribution in [2.45, 2.75) is 70.3 Å². The molecule has 2 unspecified atom stereocenters. The zero-order valence-corrected chi connectivity index (χ0v) is 19.2. The van der Waals surface area contributed by atoms with Crippen molar-refractivity contribution in [3.63, 3.8) is 0 Å². The molecule has 2 aliphatic rings. The normalized spacial score (nSPS) is 24.8. The van der Waals surface area contributed by atoms with Gasteiger partial charge in [-0.2, -0.15) is 8.78 Å². The van der Waals surface area contributed by atoms with E-state index in [1.54, 1.807) is 0 Å². The fourth-order valence-electron chi connectivity index (χ4n) is 4.30. The summed E-state index contributed by atoms with van der Waals surface area (Å²) in [5.74, 6) is -0.212. The van der Waals surface area contributed by atoms with Crippen LogP contribution in [0.3, 0.4) is 0 Å². The van der Waals surface area contributed by atoms with E-state index in [0.717, 1.165) is 12.8 Å². The van der Waals surface area contributed by atoms with E-state index in [2.05, 4.69) is 32.3 Å². The van der Waals surface area contributed by atoms with Gasteiger partial charge >= 0.3 is 6.61 Å². The number of ether oxygens (including phenoxy) is 1. The van der Waals surface area contributed by atoms with Crippen molar-refractivity contribution in [2.75, 3.05) is 13.6 Å². The fourth-order valence-corrected chi connectivity index (χ4v) is 4.30. The Morgan fingerprint density at radius 1 is 1.28 bits per heavy atom. The van der Waals surface area contributed by atoms with E-state index in [0.29, 0.717) is 30.6 Å². The number of hydrogen-bond donors (Lipinski definition) is 2. The lowest BCUT2D eigenvalue weighted by Gasteiger charge is -2.47. The molecule has 3 rings (SSSR count). The van der Waals surface area contributed by atoms with Crippen LogP contribution in [0.1, 0.15) is 44.6 Å². The number of fused-ring (bicyclic) bond motifs is 2. The Bertz CT molecular complexity index is 678. The maximum absolute atomic E-state index is 14.2. The van der Waals surface area contributed by atoms with Crippen LogP contribution in [0.4, 0.5) is 13.2 Å². The highest BCUT2D eigenvalue weighted by molar-refractivity contribution is 14.0. The van der Waals surface area contributed by atoms with Crippen LogP contribution in [0.25, 0.3) is 0 Å². The van der Waals surface area contributed by atoms with Crippen molar-refractivity contribution >= 4 is 29.9 Å². The number of nitrogens with one attached hydrogen (secondary N) is 2. The molecule has 1 aromatic carbocycles. The number of rotatable bonds is 6. The second-order valence-electron chi connectivity index (χ2n) is 7.51. The molecular formula is C20H30F3IN4O. The molecule has 0 spiro atoms. The molecule has 9 heteroatoms. The molecule has 2 aliphatic heterocycles. The quantitative estimate of drug-likeness (QED) is 0.333. The van der Waals surface area contributed by atoms with E-state index in [9.17, 15) is 13.2 Å². The highest BCUT2D eigenvalue weighted by Crippen LogP contribution is 2.32. The van der Waals surface area contributed by atoms with E-state index in [4.69, 9.17) is 0 Å². The van der Waals surface area contributed by atoms with E-state index in [-0.39, 0.29) is 41.8 Å². The van der Waals surface area contributed by atoms with E-state index in [1.165, 1.54) is 37.5 Å². The molecule has 2 fully saturated rings. The Labute approximate surface area is 187 Å². The van der Waals surface area contributed by atoms with Crippen molar-refractivity contribution in [2.24, 2.45) is 4.99 Å². The minimum Gasteiger partial charge on any atom is -0.434 e. The first-order chi connectivity index (χ1) is 13.5. The first-order valence-electron chi connectivity index (χ1n) is 9.97. The SMILES string of the molecule is CCNC(=NCc1c(F)cccc1OC(F)F)NC1CC2CCCC(C1)N2C.I. The van der Waals surface area contributed by atoms with Crippen LogP contribution in [-0.2, 0) is 6.54 Å². The average molecular weight is 526 g/mol. The van der Waals surface area contributed by atoms with Gasteiger partial charge in [-0.25, -0.2) is 9.38 Å². The zero-order valence-electron chi connectivity index (χ0n) is 16.8. The smallest absolute Gasteiger partial charge is 0.387 e. The molecule has 1 aromatic rings. The van der Waals surface area contributed by atoms with Crippen LogP contribution in [0.5, 0.6) is 5.75 Å². The van der Waals surface area contributed by atoms with Gasteiger partial charge in [-0.05, 0) is 51.8 Å². The highest BCUT2D eigenvalue weighted by atomic mass is 127. The molecule has 2 saturated heterocycles. The topological polar surface area (TPSA) is 48.9 Å². The standard InChI is InChI=1S/C20H29F3N4O.HI/c1-3-24-20(26-13-10-14-6-4-7-15(11-13)27(14)2)25-12-16-17(21)8-5-9-18(16)28-19(22)23;/h5,8-9,13-15,19H,3-4,6-7,10-12H2,1-2H3,(H2,24,25,26);1H. The molecule has 0 radical (unpaired) electrons. The Kier molecular flexibility index (Phi) is 9.32. The predicted molar refractivity (Wildman–Crippen MR) is 119 cm³/mol. The Morgan fingerprint density at radius 2 is 1.97 bits per heavy atom. The fraction of sp³-hybridized carbons (Fsp3) is 0.650. The second-order valence-corrected chi connectivity index (χ2v) is 7.51. The maximum Gasteiger partial charge on any atom is 0.387 e. The molecule has 0 aromatic heterocycles. The summed E-state index contributed by atoms with van der Waals surface area (Å²) in [5, 5.41) is 6.63. The monoisotopic (exact) mass is 526 g/mol. The lowest BCUT2D eigenvalue weighted by atomic mass is 9.82. The third kappa shape index (κ3) is 6.37. The summed E-state index contributed by atoms with van der Waals surface area (Å²) in [7, 11) is 2.20. The summed E-state index contributed by atoms with van der Waals surface area (Å²) in [6, 6.07) is 5.35.